The Morgan fingerprint density at radius 2 is 1.79 bits per heavy atom. The minimum absolute atomic E-state index is 0.0525. The van der Waals surface area contributed by atoms with E-state index in [-0.39, 0.29) is 17.4 Å². The summed E-state index contributed by atoms with van der Waals surface area (Å²) in [5, 5.41) is 11.1. The summed E-state index contributed by atoms with van der Waals surface area (Å²) in [4.78, 5) is 23.6. The third-order valence-electron chi connectivity index (χ3n) is 4.72. The van der Waals surface area contributed by atoms with Gasteiger partial charge in [0.25, 0.3) is 5.69 Å². The van der Waals surface area contributed by atoms with Crippen molar-refractivity contribution < 1.29 is 9.72 Å². The van der Waals surface area contributed by atoms with Crippen LogP contribution in [0.1, 0.15) is 30.5 Å². The predicted octanol–water partition coefficient (Wildman–Crippen LogP) is 4.33. The van der Waals surface area contributed by atoms with E-state index in [1.54, 1.807) is 24.3 Å². The highest BCUT2D eigenvalue weighted by Gasteiger charge is 2.39. The van der Waals surface area contributed by atoms with Crippen LogP contribution in [0.2, 0.25) is 0 Å². The summed E-state index contributed by atoms with van der Waals surface area (Å²) in [7, 11) is 0. The first kappa shape index (κ1) is 16.1. The zero-order valence-electron chi connectivity index (χ0n) is 13.7. The largest absolute Gasteiger partial charge is 0.298 e. The van der Waals surface area contributed by atoms with Crippen LogP contribution >= 0.6 is 0 Å². The molecule has 1 atom stereocenters. The Labute approximate surface area is 141 Å². The molecule has 0 bridgehead atoms. The van der Waals surface area contributed by atoms with Crippen LogP contribution in [-0.2, 0) is 16.6 Å². The molecule has 0 saturated carbocycles. The number of nitrogens with zero attached hydrogens (tertiary/aromatic N) is 1. The van der Waals surface area contributed by atoms with E-state index in [2.05, 4.69) is 6.07 Å². The van der Waals surface area contributed by atoms with E-state index in [4.69, 9.17) is 0 Å². The Morgan fingerprint density at radius 1 is 1.12 bits per heavy atom. The highest BCUT2D eigenvalue weighted by atomic mass is 16.6. The molecule has 1 aliphatic carbocycles. The van der Waals surface area contributed by atoms with Gasteiger partial charge in [0.1, 0.15) is 5.78 Å². The first-order valence-electron chi connectivity index (χ1n) is 7.95. The number of nitro benzene ring substituents is 1. The maximum atomic E-state index is 12.9. The molecule has 0 aliphatic heterocycles. The van der Waals surface area contributed by atoms with Crippen LogP contribution in [0.25, 0.3) is 6.08 Å². The lowest BCUT2D eigenvalue weighted by atomic mass is 9.67. The second-order valence-corrected chi connectivity index (χ2v) is 6.63. The number of ketones is 1. The molecule has 2 aromatic rings. The van der Waals surface area contributed by atoms with E-state index in [0.717, 1.165) is 5.56 Å². The zero-order valence-corrected chi connectivity index (χ0v) is 13.7. The average Bonchev–Trinajstić information content (AvgIpc) is 2.57. The van der Waals surface area contributed by atoms with E-state index in [1.807, 2.05) is 38.1 Å². The van der Waals surface area contributed by atoms with Gasteiger partial charge in [0.2, 0.25) is 0 Å². The molecule has 24 heavy (non-hydrogen) atoms. The maximum Gasteiger partial charge on any atom is 0.276 e. The fourth-order valence-corrected chi connectivity index (χ4v) is 3.40. The molecular weight excluding hydrogens is 302 g/mol. The maximum absolute atomic E-state index is 12.9. The van der Waals surface area contributed by atoms with Gasteiger partial charge >= 0.3 is 0 Å². The van der Waals surface area contributed by atoms with E-state index in [0.29, 0.717) is 12.0 Å². The molecule has 2 aromatic carbocycles. The highest BCUT2D eigenvalue weighted by Crippen LogP contribution is 2.37. The number of hydrogen-bond donors (Lipinski definition) is 0. The molecule has 1 unspecified atom stereocenters. The average molecular weight is 321 g/mol. The van der Waals surface area contributed by atoms with Gasteiger partial charge in [-0.05, 0) is 37.5 Å². The van der Waals surface area contributed by atoms with Crippen molar-refractivity contribution in [2.45, 2.75) is 25.7 Å². The number of benzene rings is 2. The smallest absolute Gasteiger partial charge is 0.276 e. The Hall–Kier alpha value is -2.75. The van der Waals surface area contributed by atoms with Crippen LogP contribution in [0.15, 0.2) is 54.6 Å². The van der Waals surface area contributed by atoms with Crippen molar-refractivity contribution in [3.63, 3.8) is 0 Å². The van der Waals surface area contributed by atoms with Gasteiger partial charge in [-0.1, -0.05) is 48.6 Å². The number of fused-ring (bicyclic) bond motifs is 1. The van der Waals surface area contributed by atoms with Gasteiger partial charge in [-0.15, -0.1) is 0 Å². The quantitative estimate of drug-likeness (QED) is 0.624. The molecule has 0 spiro atoms. The lowest BCUT2D eigenvalue weighted by Crippen LogP contribution is -2.40. The molecule has 0 aromatic heterocycles. The van der Waals surface area contributed by atoms with Crippen molar-refractivity contribution in [2.75, 3.05) is 0 Å². The van der Waals surface area contributed by atoms with Gasteiger partial charge < -0.3 is 0 Å². The highest BCUT2D eigenvalue weighted by molar-refractivity contribution is 5.95. The van der Waals surface area contributed by atoms with Crippen LogP contribution in [0.4, 0.5) is 5.69 Å². The molecule has 0 fully saturated rings. The van der Waals surface area contributed by atoms with Crippen LogP contribution in [0.3, 0.4) is 0 Å². The van der Waals surface area contributed by atoms with Crippen molar-refractivity contribution >= 4 is 17.5 Å². The summed E-state index contributed by atoms with van der Waals surface area (Å²) in [6.45, 7) is 3.89. The normalized spacial score (nSPS) is 19.2. The first-order valence-corrected chi connectivity index (χ1v) is 7.95. The fraction of sp³-hybridized carbons (Fsp3) is 0.250. The molecule has 4 heteroatoms. The molecule has 0 amide bonds. The molecule has 3 rings (SSSR count). The third-order valence-corrected chi connectivity index (χ3v) is 4.72. The minimum Gasteiger partial charge on any atom is -0.298 e. The van der Waals surface area contributed by atoms with Crippen LogP contribution in [0.5, 0.6) is 0 Å². The van der Waals surface area contributed by atoms with Crippen molar-refractivity contribution in [1.29, 1.82) is 0 Å². The predicted molar refractivity (Wildman–Crippen MR) is 93.8 cm³/mol. The Morgan fingerprint density at radius 3 is 2.54 bits per heavy atom. The van der Waals surface area contributed by atoms with E-state index in [1.165, 1.54) is 11.6 Å². The Kier molecular flexibility index (Phi) is 4.06. The number of allylic oxidation sites excluding steroid dienone is 1. The van der Waals surface area contributed by atoms with E-state index >= 15 is 0 Å². The van der Waals surface area contributed by atoms with Crippen LogP contribution in [-0.4, -0.2) is 10.7 Å². The molecule has 0 radical (unpaired) electrons. The van der Waals surface area contributed by atoms with Crippen molar-refractivity contribution in [1.82, 2.24) is 0 Å². The van der Waals surface area contributed by atoms with Crippen LogP contribution < -0.4 is 0 Å². The molecule has 122 valence electrons. The number of carbonyl (C=O) groups excluding carboxylic acids is 1. The Balaban J connectivity index is 1.95. The summed E-state index contributed by atoms with van der Waals surface area (Å²) in [5.41, 5.74) is 2.26. The van der Waals surface area contributed by atoms with Crippen LogP contribution in [0, 0.1) is 16.0 Å². The number of carbonyl (C=O) groups is 1. The molecular formula is C20H19NO3. The van der Waals surface area contributed by atoms with Gasteiger partial charge in [-0.25, -0.2) is 0 Å². The summed E-state index contributed by atoms with van der Waals surface area (Å²) in [6.07, 6.45) is 4.14. The standard InChI is InChI=1S/C20H19NO3/c1-20(2)17-9-5-3-8-15(17)13-16(19(20)22)12-11-14-7-4-6-10-18(14)21(23)24/h3-12,16H,13H2,1-2H3/b12-11-. The third kappa shape index (κ3) is 2.75. The number of rotatable bonds is 3. The van der Waals surface area contributed by atoms with Crippen molar-refractivity contribution in [3.05, 3.63) is 81.4 Å². The fourth-order valence-electron chi connectivity index (χ4n) is 3.40. The summed E-state index contributed by atoms with van der Waals surface area (Å²) in [6, 6.07) is 14.6. The van der Waals surface area contributed by atoms with Gasteiger partial charge in [-0.2, -0.15) is 0 Å². The Bertz CT molecular complexity index is 836. The van der Waals surface area contributed by atoms with Crippen molar-refractivity contribution in [2.24, 2.45) is 5.92 Å². The van der Waals surface area contributed by atoms with Gasteiger partial charge in [-0.3, -0.25) is 14.9 Å². The van der Waals surface area contributed by atoms with Gasteiger partial charge in [0.05, 0.1) is 10.5 Å². The van der Waals surface area contributed by atoms with Gasteiger partial charge in [0, 0.05) is 17.4 Å². The number of hydrogen-bond acceptors (Lipinski definition) is 3. The number of para-hydroxylation sites is 1. The summed E-state index contributed by atoms with van der Waals surface area (Å²) >= 11 is 0. The second-order valence-electron chi connectivity index (χ2n) is 6.63. The molecule has 0 N–H and O–H groups in total. The lowest BCUT2D eigenvalue weighted by molar-refractivity contribution is -0.385. The molecule has 4 nitrogen and oxygen atoms in total. The van der Waals surface area contributed by atoms with E-state index < -0.39 is 10.3 Å². The molecule has 1 aliphatic rings. The monoisotopic (exact) mass is 321 g/mol. The SMILES string of the molecule is CC1(C)C(=O)C(/C=C\c2ccccc2[N+](=O)[O-])Cc2ccccc21. The number of Topliss-reactive ketones (excluding diaryl/α,β-unsaturated/α-hetero) is 1. The summed E-state index contributed by atoms with van der Waals surface area (Å²) < 4.78 is 0. The van der Waals surface area contributed by atoms with E-state index in [9.17, 15) is 14.9 Å². The molecule has 0 saturated heterocycles. The zero-order chi connectivity index (χ0) is 17.3. The topological polar surface area (TPSA) is 60.2 Å². The van der Waals surface area contributed by atoms with Gasteiger partial charge in [0.15, 0.2) is 0 Å². The minimum atomic E-state index is -0.549. The summed E-state index contributed by atoms with van der Waals surface area (Å²) in [5.74, 6) is -0.120. The second kappa shape index (κ2) is 6.04. The molecule has 0 heterocycles. The lowest BCUT2D eigenvalue weighted by Gasteiger charge is -2.34. The number of nitro groups is 1. The van der Waals surface area contributed by atoms with Crippen molar-refractivity contribution in [3.8, 4) is 0 Å². The first-order chi connectivity index (χ1) is 11.4.